The second-order valence-corrected chi connectivity index (χ2v) is 5.36. The lowest BCUT2D eigenvalue weighted by atomic mass is 10.1. The number of thiazole rings is 1. The van der Waals surface area contributed by atoms with Crippen molar-refractivity contribution in [1.29, 1.82) is 0 Å². The van der Waals surface area contributed by atoms with Gasteiger partial charge in [0.25, 0.3) is 0 Å². The Kier molecular flexibility index (Phi) is 4.32. The smallest absolute Gasteiger partial charge is 0.393 e. The largest absolute Gasteiger partial charge is 0.434 e. The van der Waals surface area contributed by atoms with Crippen molar-refractivity contribution in [3.63, 3.8) is 0 Å². The van der Waals surface area contributed by atoms with Gasteiger partial charge in [-0.05, 0) is 13.3 Å². The van der Waals surface area contributed by atoms with Gasteiger partial charge < -0.3 is 14.7 Å². The molecular formula is C11H15F3N2O2S. The predicted octanol–water partition coefficient (Wildman–Crippen LogP) is 2.14. The Balaban J connectivity index is 2.15. The second kappa shape index (κ2) is 5.64. The van der Waals surface area contributed by atoms with Gasteiger partial charge in [0.1, 0.15) is 0 Å². The number of halogens is 3. The van der Waals surface area contributed by atoms with Gasteiger partial charge in [0.2, 0.25) is 0 Å². The summed E-state index contributed by atoms with van der Waals surface area (Å²) in [4.78, 5) is 5.43. The zero-order chi connectivity index (χ0) is 14.0. The number of anilines is 1. The van der Waals surface area contributed by atoms with E-state index < -0.39 is 18.0 Å². The maximum absolute atomic E-state index is 12.5. The number of rotatable bonds is 3. The maximum atomic E-state index is 12.5. The molecule has 2 heterocycles. The van der Waals surface area contributed by atoms with Crippen molar-refractivity contribution < 1.29 is 23.0 Å². The van der Waals surface area contributed by atoms with Crippen LogP contribution in [0.3, 0.4) is 0 Å². The molecule has 8 heteroatoms. The first kappa shape index (κ1) is 14.5. The number of aliphatic hydroxyl groups is 1. The Morgan fingerprint density at radius 3 is 2.95 bits per heavy atom. The number of aromatic nitrogens is 1. The van der Waals surface area contributed by atoms with E-state index in [-0.39, 0.29) is 6.04 Å². The van der Waals surface area contributed by atoms with Gasteiger partial charge in [-0.2, -0.15) is 13.2 Å². The highest BCUT2D eigenvalue weighted by Gasteiger charge is 2.35. The summed E-state index contributed by atoms with van der Waals surface area (Å²) in [5.74, 6) is 0. The predicted molar refractivity (Wildman–Crippen MR) is 65.4 cm³/mol. The van der Waals surface area contributed by atoms with Crippen molar-refractivity contribution in [2.24, 2.45) is 0 Å². The number of morpholine rings is 1. The van der Waals surface area contributed by atoms with E-state index in [0.29, 0.717) is 31.3 Å². The molecular weight excluding hydrogens is 281 g/mol. The minimum absolute atomic E-state index is 0.138. The fourth-order valence-electron chi connectivity index (χ4n) is 2.02. The van der Waals surface area contributed by atoms with Crippen molar-refractivity contribution in [3.8, 4) is 0 Å². The summed E-state index contributed by atoms with van der Waals surface area (Å²) in [5, 5.41) is 10.8. The zero-order valence-electron chi connectivity index (χ0n) is 10.4. The molecule has 1 aromatic heterocycles. The third kappa shape index (κ3) is 3.58. The number of hydrogen-bond acceptors (Lipinski definition) is 5. The Hall–Kier alpha value is -0.860. The van der Waals surface area contributed by atoms with Crippen LogP contribution < -0.4 is 4.90 Å². The normalized spacial score (nSPS) is 22.6. The standard InChI is InChI=1S/C11H15F3N2O2S/c1-7(17)4-8-5-18-3-2-16(8)10-15-9(6-19-10)11(12,13)14/h6-8,17H,2-5H2,1H3. The number of nitrogens with zero attached hydrogens (tertiary/aromatic N) is 2. The zero-order valence-corrected chi connectivity index (χ0v) is 11.2. The minimum Gasteiger partial charge on any atom is -0.393 e. The Morgan fingerprint density at radius 2 is 2.37 bits per heavy atom. The van der Waals surface area contributed by atoms with Gasteiger partial charge in [0.05, 0.1) is 25.4 Å². The molecule has 1 fully saturated rings. The fraction of sp³-hybridized carbons (Fsp3) is 0.727. The molecule has 1 N–H and O–H groups in total. The van der Waals surface area contributed by atoms with Crippen molar-refractivity contribution in [2.75, 3.05) is 24.7 Å². The first-order valence-electron chi connectivity index (χ1n) is 5.93. The first-order valence-corrected chi connectivity index (χ1v) is 6.81. The highest BCUT2D eigenvalue weighted by molar-refractivity contribution is 7.13. The Labute approximate surface area is 112 Å². The number of ether oxygens (including phenoxy) is 1. The molecule has 1 saturated heterocycles. The van der Waals surface area contributed by atoms with E-state index in [0.717, 1.165) is 16.7 Å². The topological polar surface area (TPSA) is 45.6 Å². The number of aliphatic hydroxyl groups excluding tert-OH is 1. The van der Waals surface area contributed by atoms with Crippen molar-refractivity contribution in [3.05, 3.63) is 11.1 Å². The van der Waals surface area contributed by atoms with E-state index in [9.17, 15) is 18.3 Å². The van der Waals surface area contributed by atoms with Crippen LogP contribution in [0.15, 0.2) is 5.38 Å². The van der Waals surface area contributed by atoms with Gasteiger partial charge in [-0.15, -0.1) is 11.3 Å². The lowest BCUT2D eigenvalue weighted by molar-refractivity contribution is -0.140. The van der Waals surface area contributed by atoms with E-state index in [1.54, 1.807) is 11.8 Å². The molecule has 0 spiro atoms. The number of alkyl halides is 3. The second-order valence-electron chi connectivity index (χ2n) is 4.52. The third-order valence-corrected chi connectivity index (χ3v) is 3.75. The Bertz CT molecular complexity index is 422. The SMILES string of the molecule is CC(O)CC1COCCN1c1nc(C(F)(F)F)cs1. The average molecular weight is 296 g/mol. The van der Waals surface area contributed by atoms with Crippen LogP contribution in [-0.4, -0.2) is 42.0 Å². The van der Waals surface area contributed by atoms with Crippen LogP contribution in [0.2, 0.25) is 0 Å². The van der Waals surface area contributed by atoms with Crippen LogP contribution >= 0.6 is 11.3 Å². The summed E-state index contributed by atoms with van der Waals surface area (Å²) >= 11 is 0.971. The molecule has 2 rings (SSSR count). The van der Waals surface area contributed by atoms with E-state index in [2.05, 4.69) is 4.98 Å². The van der Waals surface area contributed by atoms with E-state index >= 15 is 0 Å². The first-order chi connectivity index (χ1) is 8.88. The highest BCUT2D eigenvalue weighted by atomic mass is 32.1. The average Bonchev–Trinajstić information content (AvgIpc) is 2.77. The summed E-state index contributed by atoms with van der Waals surface area (Å²) in [6.45, 7) is 2.99. The molecule has 2 atom stereocenters. The minimum atomic E-state index is -4.42. The summed E-state index contributed by atoms with van der Waals surface area (Å²) in [6.07, 6.45) is -4.50. The molecule has 0 bridgehead atoms. The molecule has 1 aromatic rings. The summed E-state index contributed by atoms with van der Waals surface area (Å²) in [6, 6.07) is -0.138. The van der Waals surface area contributed by atoms with Crippen LogP contribution in [0, 0.1) is 0 Å². The van der Waals surface area contributed by atoms with E-state index in [1.165, 1.54) is 0 Å². The molecule has 0 amide bonds. The summed E-state index contributed by atoms with van der Waals surface area (Å²) < 4.78 is 42.9. The highest BCUT2D eigenvalue weighted by Crippen LogP contribution is 2.34. The quantitative estimate of drug-likeness (QED) is 0.928. The molecule has 0 aromatic carbocycles. The molecule has 2 unspecified atom stereocenters. The van der Waals surface area contributed by atoms with Crippen molar-refractivity contribution in [1.82, 2.24) is 4.98 Å². The molecule has 0 aliphatic carbocycles. The summed E-state index contributed by atoms with van der Waals surface area (Å²) in [5.41, 5.74) is -0.866. The fourth-order valence-corrected chi connectivity index (χ4v) is 2.95. The van der Waals surface area contributed by atoms with Crippen LogP contribution in [0.1, 0.15) is 19.0 Å². The third-order valence-electron chi connectivity index (χ3n) is 2.87. The maximum Gasteiger partial charge on any atom is 0.434 e. The van der Waals surface area contributed by atoms with Gasteiger partial charge in [-0.3, -0.25) is 0 Å². The van der Waals surface area contributed by atoms with E-state index in [1.807, 2.05) is 0 Å². The van der Waals surface area contributed by atoms with Gasteiger partial charge in [0.15, 0.2) is 10.8 Å². The van der Waals surface area contributed by atoms with Gasteiger partial charge >= 0.3 is 6.18 Å². The van der Waals surface area contributed by atoms with E-state index in [4.69, 9.17) is 4.74 Å². The summed E-state index contributed by atoms with van der Waals surface area (Å²) in [7, 11) is 0. The molecule has 1 aliphatic rings. The molecule has 19 heavy (non-hydrogen) atoms. The van der Waals surface area contributed by atoms with Gasteiger partial charge in [-0.1, -0.05) is 0 Å². The molecule has 4 nitrogen and oxygen atoms in total. The molecule has 0 saturated carbocycles. The van der Waals surface area contributed by atoms with Crippen LogP contribution in [0.5, 0.6) is 0 Å². The number of hydrogen-bond donors (Lipinski definition) is 1. The van der Waals surface area contributed by atoms with Gasteiger partial charge in [0, 0.05) is 11.9 Å². The van der Waals surface area contributed by atoms with Crippen LogP contribution in [0.4, 0.5) is 18.3 Å². The lowest BCUT2D eigenvalue weighted by Gasteiger charge is -2.36. The molecule has 0 radical (unpaired) electrons. The molecule has 108 valence electrons. The lowest BCUT2D eigenvalue weighted by Crippen LogP contribution is -2.47. The van der Waals surface area contributed by atoms with Crippen molar-refractivity contribution in [2.45, 2.75) is 31.7 Å². The molecule has 1 aliphatic heterocycles. The van der Waals surface area contributed by atoms with Gasteiger partial charge in [-0.25, -0.2) is 4.98 Å². The van der Waals surface area contributed by atoms with Crippen molar-refractivity contribution >= 4 is 16.5 Å². The Morgan fingerprint density at radius 1 is 1.63 bits per heavy atom. The van der Waals surface area contributed by atoms with Crippen LogP contribution in [0.25, 0.3) is 0 Å². The van der Waals surface area contributed by atoms with Crippen LogP contribution in [-0.2, 0) is 10.9 Å². The monoisotopic (exact) mass is 296 g/mol.